The first-order valence-corrected chi connectivity index (χ1v) is 13.8. The second-order valence-corrected chi connectivity index (χ2v) is 10.1. The molecule has 12 nitrogen and oxygen atoms in total. The minimum absolute atomic E-state index is 0.00225. The van der Waals surface area contributed by atoms with E-state index in [1.807, 2.05) is 6.07 Å². The summed E-state index contributed by atoms with van der Waals surface area (Å²) >= 11 is 6.54. The van der Waals surface area contributed by atoms with Gasteiger partial charge in [0.25, 0.3) is 5.56 Å². The van der Waals surface area contributed by atoms with Gasteiger partial charge >= 0.3 is 5.97 Å². The fourth-order valence-electron chi connectivity index (χ4n) is 4.40. The first kappa shape index (κ1) is 30.4. The zero-order chi connectivity index (χ0) is 31.1. The molecule has 5 rings (SSSR count). The Hall–Kier alpha value is -5.09. The third-order valence-corrected chi connectivity index (χ3v) is 6.96. The van der Waals surface area contributed by atoms with E-state index in [2.05, 4.69) is 10.3 Å². The number of nitrogens with one attached hydrogen (secondary N) is 1. The van der Waals surface area contributed by atoms with Crippen molar-refractivity contribution in [3.8, 4) is 34.8 Å². The van der Waals surface area contributed by atoms with Gasteiger partial charge < -0.3 is 29.2 Å². The van der Waals surface area contributed by atoms with E-state index in [-0.39, 0.29) is 36.1 Å². The highest BCUT2D eigenvalue weighted by Crippen LogP contribution is 2.34. The monoisotopic (exact) mass is 618 g/mol. The molecule has 3 heterocycles. The van der Waals surface area contributed by atoms with E-state index in [4.69, 9.17) is 30.5 Å². The summed E-state index contributed by atoms with van der Waals surface area (Å²) < 4.78 is 24.7. The molecule has 0 saturated heterocycles. The average Bonchev–Trinajstić information content (AvgIpc) is 3.04. The van der Waals surface area contributed by atoms with Crippen LogP contribution in [0.4, 0.5) is 0 Å². The van der Waals surface area contributed by atoms with Crippen molar-refractivity contribution >= 4 is 17.6 Å². The highest BCUT2D eigenvalue weighted by atomic mass is 35.5. The van der Waals surface area contributed by atoms with Crippen LogP contribution < -0.4 is 29.8 Å². The Kier molecular flexibility index (Phi) is 9.61. The zero-order valence-electron chi connectivity index (χ0n) is 23.2. The molecular weight excluding hydrogens is 592 g/mol. The van der Waals surface area contributed by atoms with Crippen molar-refractivity contribution in [2.75, 3.05) is 19.8 Å². The van der Waals surface area contributed by atoms with E-state index in [1.54, 1.807) is 54.9 Å². The van der Waals surface area contributed by atoms with Crippen LogP contribution in [0.1, 0.15) is 22.3 Å². The van der Waals surface area contributed by atoms with Crippen LogP contribution in [-0.2, 0) is 24.6 Å². The number of aliphatic carboxylic acids is 1. The number of rotatable bonds is 12. The normalized spacial score (nSPS) is 12.7. The average molecular weight is 619 g/mol. The summed E-state index contributed by atoms with van der Waals surface area (Å²) in [6, 6.07) is 14.2. The standard InChI is InChI=1S/C31H27ClN4O8/c32-24-9-22(15-35-25(16-37)31(39)40)27(43-17-20-8-19(12-33)13-34-14-20)11-28(24)44-18-21-2-1-5-36(30(21)38)23-3-4-26-29(10-23)42-7-6-41-26/h1-5,8-11,13-14,25,35,37H,6-7,15-18H2,(H,39,40). The molecule has 2 aromatic carbocycles. The fourth-order valence-corrected chi connectivity index (χ4v) is 4.64. The van der Waals surface area contributed by atoms with Gasteiger partial charge in [-0.1, -0.05) is 11.6 Å². The van der Waals surface area contributed by atoms with Gasteiger partial charge in [-0.3, -0.25) is 24.5 Å². The lowest BCUT2D eigenvalue weighted by Gasteiger charge is -2.19. The number of halogens is 1. The van der Waals surface area contributed by atoms with Crippen LogP contribution in [0.5, 0.6) is 23.0 Å². The number of carbonyl (C=O) groups is 1. The number of carboxylic acid groups (broad SMARTS) is 1. The van der Waals surface area contributed by atoms with Crippen molar-refractivity contribution in [2.45, 2.75) is 25.8 Å². The van der Waals surface area contributed by atoms with Gasteiger partial charge in [-0.2, -0.15) is 5.26 Å². The molecule has 1 aliphatic heterocycles. The number of nitrogens with zero attached hydrogens (tertiary/aromatic N) is 3. The molecule has 226 valence electrons. The maximum atomic E-state index is 13.4. The van der Waals surface area contributed by atoms with Crippen LogP contribution in [-0.4, -0.2) is 51.6 Å². The molecule has 0 spiro atoms. The molecule has 13 heteroatoms. The number of fused-ring (bicyclic) bond motifs is 1. The number of aliphatic hydroxyl groups excluding tert-OH is 1. The summed E-state index contributed by atoms with van der Waals surface area (Å²) in [7, 11) is 0. The van der Waals surface area contributed by atoms with E-state index < -0.39 is 18.6 Å². The van der Waals surface area contributed by atoms with Crippen molar-refractivity contribution < 1.29 is 34.0 Å². The fraction of sp³-hybridized carbons (Fsp3) is 0.226. The Morgan fingerprint density at radius 1 is 1.07 bits per heavy atom. The SMILES string of the molecule is N#Cc1cncc(COc2cc(OCc3cccn(-c4ccc5c(c4)OCCO5)c3=O)c(Cl)cc2CNC(CO)C(=O)O)c1. The molecule has 0 fully saturated rings. The maximum Gasteiger partial charge on any atom is 0.323 e. The minimum Gasteiger partial charge on any atom is -0.488 e. The Morgan fingerprint density at radius 2 is 1.86 bits per heavy atom. The summed E-state index contributed by atoms with van der Waals surface area (Å²) in [4.78, 5) is 28.8. The van der Waals surface area contributed by atoms with Crippen molar-refractivity contribution in [3.63, 3.8) is 0 Å². The van der Waals surface area contributed by atoms with Crippen molar-refractivity contribution in [1.29, 1.82) is 5.26 Å². The lowest BCUT2D eigenvalue weighted by atomic mass is 10.1. The number of benzene rings is 2. The number of nitriles is 1. The van der Waals surface area contributed by atoms with Gasteiger partial charge in [0, 0.05) is 48.4 Å². The van der Waals surface area contributed by atoms with Gasteiger partial charge in [0.15, 0.2) is 11.5 Å². The zero-order valence-corrected chi connectivity index (χ0v) is 24.0. The molecule has 2 aromatic heterocycles. The van der Waals surface area contributed by atoms with E-state index >= 15 is 0 Å². The quantitative estimate of drug-likeness (QED) is 0.213. The lowest BCUT2D eigenvalue weighted by molar-refractivity contribution is -0.140. The molecule has 3 N–H and O–H groups in total. The number of ether oxygens (including phenoxy) is 4. The second-order valence-electron chi connectivity index (χ2n) is 9.65. The molecular formula is C31H27ClN4O8. The molecule has 1 aliphatic rings. The highest BCUT2D eigenvalue weighted by Gasteiger charge is 2.19. The first-order chi connectivity index (χ1) is 21.4. The number of pyridine rings is 2. The largest absolute Gasteiger partial charge is 0.488 e. The molecule has 1 unspecified atom stereocenters. The van der Waals surface area contributed by atoms with Crippen LogP contribution in [0.15, 0.2) is 71.9 Å². The predicted molar refractivity (Wildman–Crippen MR) is 157 cm³/mol. The Morgan fingerprint density at radius 3 is 2.64 bits per heavy atom. The van der Waals surface area contributed by atoms with E-state index in [9.17, 15) is 25.1 Å². The maximum absolute atomic E-state index is 13.4. The van der Waals surface area contributed by atoms with Crippen molar-refractivity contribution in [2.24, 2.45) is 0 Å². The summed E-state index contributed by atoms with van der Waals surface area (Å²) in [6.07, 6.45) is 4.63. The van der Waals surface area contributed by atoms with E-state index in [1.165, 1.54) is 16.8 Å². The van der Waals surface area contributed by atoms with Crippen LogP contribution >= 0.6 is 11.6 Å². The molecule has 0 bridgehead atoms. The van der Waals surface area contributed by atoms with Gasteiger partial charge in [0.1, 0.15) is 50.0 Å². The lowest BCUT2D eigenvalue weighted by Crippen LogP contribution is -2.39. The van der Waals surface area contributed by atoms with Crippen LogP contribution in [0.3, 0.4) is 0 Å². The molecule has 0 amide bonds. The first-order valence-electron chi connectivity index (χ1n) is 13.5. The third kappa shape index (κ3) is 7.09. The predicted octanol–water partition coefficient (Wildman–Crippen LogP) is 3.22. The van der Waals surface area contributed by atoms with Crippen LogP contribution in [0.25, 0.3) is 5.69 Å². The second kappa shape index (κ2) is 13.9. The Balaban J connectivity index is 1.38. The van der Waals surface area contributed by atoms with Crippen molar-refractivity contribution in [3.05, 3.63) is 105 Å². The summed E-state index contributed by atoms with van der Waals surface area (Å²) in [6.45, 7) is 0.198. The van der Waals surface area contributed by atoms with E-state index in [0.717, 1.165) is 0 Å². The van der Waals surface area contributed by atoms with Gasteiger partial charge in [-0.25, -0.2) is 0 Å². The summed E-state index contributed by atoms with van der Waals surface area (Å²) in [5.41, 5.74) is 2.15. The highest BCUT2D eigenvalue weighted by molar-refractivity contribution is 6.32. The molecule has 0 saturated carbocycles. The van der Waals surface area contributed by atoms with Crippen LogP contribution in [0, 0.1) is 11.3 Å². The number of aliphatic hydroxyl groups is 1. The number of hydrogen-bond acceptors (Lipinski definition) is 10. The molecule has 4 aromatic rings. The molecule has 0 aliphatic carbocycles. The minimum atomic E-state index is -1.22. The smallest absolute Gasteiger partial charge is 0.323 e. The molecule has 0 radical (unpaired) electrons. The summed E-state index contributed by atoms with van der Waals surface area (Å²) in [5, 5.41) is 30.8. The third-order valence-electron chi connectivity index (χ3n) is 6.67. The van der Waals surface area contributed by atoms with E-state index in [0.29, 0.717) is 58.4 Å². The van der Waals surface area contributed by atoms with Gasteiger partial charge in [0.05, 0.1) is 28.4 Å². The Labute approximate surface area is 256 Å². The van der Waals surface area contributed by atoms with Gasteiger partial charge in [0.2, 0.25) is 0 Å². The molecule has 1 atom stereocenters. The van der Waals surface area contributed by atoms with Gasteiger partial charge in [-0.15, -0.1) is 0 Å². The van der Waals surface area contributed by atoms with Gasteiger partial charge in [-0.05, 0) is 36.4 Å². The topological polar surface area (TPSA) is 165 Å². The molecule has 44 heavy (non-hydrogen) atoms. The van der Waals surface area contributed by atoms with Crippen LogP contribution in [0.2, 0.25) is 5.02 Å². The number of aromatic nitrogens is 2. The number of hydrogen-bond donors (Lipinski definition) is 3. The summed E-state index contributed by atoms with van der Waals surface area (Å²) in [5.74, 6) is 0.483. The van der Waals surface area contributed by atoms with Crippen molar-refractivity contribution in [1.82, 2.24) is 14.9 Å². The Bertz CT molecular complexity index is 1770. The number of carboxylic acids is 1.